The third kappa shape index (κ3) is 4.16. The monoisotopic (exact) mass is 394 g/mol. The molecule has 9 heteroatoms. The summed E-state index contributed by atoms with van der Waals surface area (Å²) in [5, 5.41) is 10.5. The first-order valence-electron chi connectivity index (χ1n) is 8.25. The van der Waals surface area contributed by atoms with E-state index in [9.17, 15) is 19.2 Å². The quantitative estimate of drug-likeness (QED) is 0.771. The average Bonchev–Trinajstić information content (AvgIpc) is 3.22. The molecular weight excluding hydrogens is 376 g/mol. The Labute approximate surface area is 158 Å². The number of hydrogen-bond acceptors (Lipinski definition) is 6. The van der Waals surface area contributed by atoms with Gasteiger partial charge in [-0.2, -0.15) is 0 Å². The van der Waals surface area contributed by atoms with Gasteiger partial charge in [-0.3, -0.25) is 24.1 Å². The molecule has 138 valence electrons. The van der Waals surface area contributed by atoms with E-state index in [0.29, 0.717) is 30.8 Å². The highest BCUT2D eigenvalue weighted by Gasteiger charge is 2.35. The number of aliphatic carboxylic acids is 1. The number of amides is 3. The van der Waals surface area contributed by atoms with Crippen molar-refractivity contribution < 1.29 is 24.3 Å². The number of thiophene rings is 1. The zero-order valence-electron chi connectivity index (χ0n) is 13.9. The Balaban J connectivity index is 1.53. The summed E-state index contributed by atoms with van der Waals surface area (Å²) >= 11 is 2.36. The van der Waals surface area contributed by atoms with Crippen molar-refractivity contribution in [1.29, 1.82) is 0 Å². The number of imide groups is 1. The Hall–Kier alpha value is -2.13. The number of carbonyl (C=O) groups is 4. The van der Waals surface area contributed by atoms with Crippen LogP contribution in [0.15, 0.2) is 22.4 Å². The van der Waals surface area contributed by atoms with Gasteiger partial charge < -0.3 is 10.0 Å². The van der Waals surface area contributed by atoms with Crippen LogP contribution in [0.2, 0.25) is 0 Å². The minimum Gasteiger partial charge on any atom is -0.481 e. The summed E-state index contributed by atoms with van der Waals surface area (Å²) in [6.07, 6.45) is 2.62. The molecule has 1 aromatic heterocycles. The van der Waals surface area contributed by atoms with Crippen LogP contribution in [-0.2, 0) is 14.4 Å². The lowest BCUT2D eigenvalue weighted by Crippen LogP contribution is -2.42. The molecule has 7 nitrogen and oxygen atoms in total. The van der Waals surface area contributed by atoms with Crippen LogP contribution >= 0.6 is 23.1 Å². The summed E-state index contributed by atoms with van der Waals surface area (Å²) in [4.78, 5) is 51.7. The van der Waals surface area contributed by atoms with Gasteiger partial charge in [-0.25, -0.2) is 0 Å². The van der Waals surface area contributed by atoms with Crippen molar-refractivity contribution in [3.8, 4) is 0 Å². The van der Waals surface area contributed by atoms with Gasteiger partial charge in [0, 0.05) is 30.9 Å². The molecule has 2 saturated heterocycles. The first-order chi connectivity index (χ1) is 12.5. The van der Waals surface area contributed by atoms with E-state index in [0.717, 1.165) is 21.5 Å². The summed E-state index contributed by atoms with van der Waals surface area (Å²) in [7, 11) is 0. The van der Waals surface area contributed by atoms with Gasteiger partial charge in [0.15, 0.2) is 0 Å². The van der Waals surface area contributed by atoms with Crippen molar-refractivity contribution in [1.82, 2.24) is 9.80 Å². The molecule has 0 atom stereocenters. The third-order valence-corrected chi connectivity index (χ3v) is 6.16. The Morgan fingerprint density at radius 3 is 2.62 bits per heavy atom. The van der Waals surface area contributed by atoms with E-state index in [2.05, 4.69) is 0 Å². The van der Waals surface area contributed by atoms with E-state index in [1.807, 2.05) is 17.5 Å². The minimum absolute atomic E-state index is 0.0458. The Morgan fingerprint density at radius 1 is 1.27 bits per heavy atom. The minimum atomic E-state index is -0.826. The molecule has 3 rings (SSSR count). The second kappa shape index (κ2) is 8.05. The Kier molecular flexibility index (Phi) is 5.77. The van der Waals surface area contributed by atoms with Gasteiger partial charge in [-0.15, -0.1) is 11.3 Å². The molecule has 0 radical (unpaired) electrons. The van der Waals surface area contributed by atoms with Crippen LogP contribution in [0.5, 0.6) is 0 Å². The summed E-state index contributed by atoms with van der Waals surface area (Å²) < 4.78 is 0. The largest absolute Gasteiger partial charge is 0.481 e. The van der Waals surface area contributed by atoms with Gasteiger partial charge in [0.2, 0.25) is 5.91 Å². The topological polar surface area (TPSA) is 95.0 Å². The standard InChI is InChI=1S/C17H18N2O5S2/c20-14(18-6-3-11(4-7-18)16(22)23)5-8-19-15(21)13(26-17(19)24)10-12-2-1-9-25-12/h1-2,9-11H,3-8H2,(H,22,23). The lowest BCUT2D eigenvalue weighted by molar-refractivity contribution is -0.145. The van der Waals surface area contributed by atoms with Crippen LogP contribution in [-0.4, -0.2) is 57.6 Å². The molecule has 1 aromatic rings. The van der Waals surface area contributed by atoms with Gasteiger partial charge in [0.25, 0.3) is 11.1 Å². The highest BCUT2D eigenvalue weighted by molar-refractivity contribution is 8.18. The van der Waals surface area contributed by atoms with Crippen LogP contribution in [0.3, 0.4) is 0 Å². The van der Waals surface area contributed by atoms with Crippen molar-refractivity contribution in [2.75, 3.05) is 19.6 Å². The molecule has 3 heterocycles. The van der Waals surface area contributed by atoms with E-state index >= 15 is 0 Å². The summed E-state index contributed by atoms with van der Waals surface area (Å²) in [6, 6.07) is 3.73. The molecule has 0 aromatic carbocycles. The summed E-state index contributed by atoms with van der Waals surface area (Å²) in [5.41, 5.74) is 0. The van der Waals surface area contributed by atoms with Gasteiger partial charge in [0.1, 0.15) is 0 Å². The number of carbonyl (C=O) groups excluding carboxylic acids is 3. The zero-order valence-corrected chi connectivity index (χ0v) is 15.6. The SMILES string of the molecule is O=C(O)C1CCN(C(=O)CCN2C(=O)SC(=Cc3cccs3)C2=O)CC1. The fourth-order valence-corrected chi connectivity index (χ4v) is 4.52. The number of carboxylic acids is 1. The fourth-order valence-electron chi connectivity index (χ4n) is 2.94. The molecule has 2 fully saturated rings. The summed E-state index contributed by atoms with van der Waals surface area (Å²) in [6.45, 7) is 0.843. The number of thioether (sulfide) groups is 1. The van der Waals surface area contributed by atoms with Gasteiger partial charge in [0.05, 0.1) is 10.8 Å². The first kappa shape index (κ1) is 18.7. The molecule has 26 heavy (non-hydrogen) atoms. The number of nitrogens with zero attached hydrogens (tertiary/aromatic N) is 2. The van der Waals surface area contributed by atoms with Crippen LogP contribution in [0.25, 0.3) is 6.08 Å². The van der Waals surface area contributed by atoms with Gasteiger partial charge in [-0.05, 0) is 42.1 Å². The Bertz CT molecular complexity index is 751. The van der Waals surface area contributed by atoms with Crippen molar-refractivity contribution in [2.45, 2.75) is 19.3 Å². The maximum Gasteiger partial charge on any atom is 0.306 e. The van der Waals surface area contributed by atoms with E-state index in [1.165, 1.54) is 11.3 Å². The molecule has 0 unspecified atom stereocenters. The third-order valence-electron chi connectivity index (χ3n) is 4.44. The zero-order chi connectivity index (χ0) is 18.7. The highest BCUT2D eigenvalue weighted by atomic mass is 32.2. The lowest BCUT2D eigenvalue weighted by Gasteiger charge is -2.30. The molecule has 2 aliphatic heterocycles. The van der Waals surface area contributed by atoms with Crippen molar-refractivity contribution >= 4 is 52.2 Å². The van der Waals surface area contributed by atoms with Crippen molar-refractivity contribution in [3.05, 3.63) is 27.3 Å². The molecule has 3 amide bonds. The maximum absolute atomic E-state index is 12.4. The predicted octanol–water partition coefficient (Wildman–Crippen LogP) is 2.50. The van der Waals surface area contributed by atoms with Crippen LogP contribution < -0.4 is 0 Å². The van der Waals surface area contributed by atoms with Crippen LogP contribution in [0.1, 0.15) is 24.1 Å². The maximum atomic E-state index is 12.4. The first-order valence-corrected chi connectivity index (χ1v) is 9.95. The highest BCUT2D eigenvalue weighted by Crippen LogP contribution is 2.33. The van der Waals surface area contributed by atoms with Gasteiger partial charge >= 0.3 is 5.97 Å². The molecule has 0 spiro atoms. The van der Waals surface area contributed by atoms with E-state index in [-0.39, 0.29) is 30.0 Å². The number of carboxylic acid groups (broad SMARTS) is 1. The number of likely N-dealkylation sites (tertiary alicyclic amines) is 1. The Morgan fingerprint density at radius 2 is 2.00 bits per heavy atom. The van der Waals surface area contributed by atoms with Crippen molar-refractivity contribution in [3.63, 3.8) is 0 Å². The van der Waals surface area contributed by atoms with Crippen LogP contribution in [0, 0.1) is 5.92 Å². The van der Waals surface area contributed by atoms with E-state index in [4.69, 9.17) is 5.11 Å². The molecule has 0 aliphatic carbocycles. The van der Waals surface area contributed by atoms with Crippen LogP contribution in [0.4, 0.5) is 4.79 Å². The van der Waals surface area contributed by atoms with E-state index in [1.54, 1.807) is 11.0 Å². The lowest BCUT2D eigenvalue weighted by atomic mass is 9.97. The second-order valence-corrected chi connectivity index (χ2v) is 8.06. The molecule has 0 saturated carbocycles. The predicted molar refractivity (Wildman–Crippen MR) is 98.6 cm³/mol. The number of piperidine rings is 1. The second-order valence-electron chi connectivity index (χ2n) is 6.09. The van der Waals surface area contributed by atoms with E-state index < -0.39 is 11.9 Å². The molecular formula is C17H18N2O5S2. The number of rotatable bonds is 5. The molecule has 0 bridgehead atoms. The number of hydrogen-bond donors (Lipinski definition) is 1. The summed E-state index contributed by atoms with van der Waals surface area (Å²) in [5.74, 6) is -1.75. The smallest absolute Gasteiger partial charge is 0.306 e. The van der Waals surface area contributed by atoms with Gasteiger partial charge in [-0.1, -0.05) is 6.07 Å². The average molecular weight is 394 g/mol. The normalized spacial score (nSPS) is 20.2. The molecule has 1 N–H and O–H groups in total. The fraction of sp³-hybridized carbons (Fsp3) is 0.412. The van der Waals surface area contributed by atoms with Crippen molar-refractivity contribution in [2.24, 2.45) is 5.92 Å². The molecule has 2 aliphatic rings.